The summed E-state index contributed by atoms with van der Waals surface area (Å²) >= 11 is 1.13. The minimum absolute atomic E-state index is 0.0999. The van der Waals surface area contributed by atoms with Gasteiger partial charge in [-0.1, -0.05) is 30.6 Å². The van der Waals surface area contributed by atoms with Crippen molar-refractivity contribution in [2.24, 2.45) is 5.92 Å². The Hall–Kier alpha value is -2.18. The van der Waals surface area contributed by atoms with Gasteiger partial charge in [0.25, 0.3) is 5.56 Å². The first-order chi connectivity index (χ1) is 15.2. The van der Waals surface area contributed by atoms with Gasteiger partial charge in [0.05, 0.1) is 21.2 Å². The summed E-state index contributed by atoms with van der Waals surface area (Å²) in [6.07, 6.45) is 1.89. The molecule has 1 aliphatic carbocycles. The van der Waals surface area contributed by atoms with Crippen LogP contribution in [0.2, 0.25) is 0 Å². The zero-order valence-electron chi connectivity index (χ0n) is 18.3. The fourth-order valence-corrected chi connectivity index (χ4v) is 6.46. The van der Waals surface area contributed by atoms with Crippen LogP contribution in [0.25, 0.3) is 10.1 Å². The number of piperazine rings is 1. The van der Waals surface area contributed by atoms with E-state index in [0.717, 1.165) is 49.0 Å². The van der Waals surface area contributed by atoms with Gasteiger partial charge in [-0.25, -0.2) is 0 Å². The molecule has 1 aromatic carbocycles. The minimum atomic E-state index is -4.63. The molecule has 0 unspecified atom stereocenters. The van der Waals surface area contributed by atoms with Crippen LogP contribution in [0.3, 0.4) is 0 Å². The summed E-state index contributed by atoms with van der Waals surface area (Å²) in [7, 11) is 0. The van der Waals surface area contributed by atoms with Crippen LogP contribution in [0.5, 0.6) is 0 Å². The molecule has 0 N–H and O–H groups in total. The van der Waals surface area contributed by atoms with Gasteiger partial charge in [-0.2, -0.15) is 23.4 Å². The average molecular weight is 465 g/mol. The van der Waals surface area contributed by atoms with Crippen LogP contribution < -0.4 is 10.5 Å². The van der Waals surface area contributed by atoms with Crippen LogP contribution in [0.4, 0.5) is 18.3 Å². The van der Waals surface area contributed by atoms with Crippen molar-refractivity contribution in [3.63, 3.8) is 0 Å². The van der Waals surface area contributed by atoms with E-state index in [1.54, 1.807) is 0 Å². The molecule has 0 bridgehead atoms. The average Bonchev–Trinajstić information content (AvgIpc) is 2.72. The lowest BCUT2D eigenvalue weighted by atomic mass is 9.88. The quantitative estimate of drug-likeness (QED) is 0.638. The van der Waals surface area contributed by atoms with Gasteiger partial charge in [0, 0.05) is 31.7 Å². The van der Waals surface area contributed by atoms with E-state index in [4.69, 9.17) is 0 Å². The number of hydrogen-bond acceptors (Lipinski definition) is 6. The monoisotopic (exact) mass is 464 g/mol. The SMILES string of the molecule is C[C@@H]1CN(CC2CCCCC2)C[C@H](C)N1c1nc(=O)c2cc(C(F)(F)F)cc(C#N)c2s1. The Morgan fingerprint density at radius 3 is 2.41 bits per heavy atom. The Morgan fingerprint density at radius 1 is 1.16 bits per heavy atom. The number of rotatable bonds is 3. The first-order valence-electron chi connectivity index (χ1n) is 11.1. The third-order valence-electron chi connectivity index (χ3n) is 6.61. The molecule has 1 aromatic heterocycles. The number of aromatic nitrogens is 1. The summed E-state index contributed by atoms with van der Waals surface area (Å²) in [5, 5.41) is 9.78. The lowest BCUT2D eigenvalue weighted by molar-refractivity contribution is -0.137. The van der Waals surface area contributed by atoms with Gasteiger partial charge < -0.3 is 4.90 Å². The predicted octanol–water partition coefficient (Wildman–Crippen LogP) is 5.03. The van der Waals surface area contributed by atoms with Crippen molar-refractivity contribution in [3.8, 4) is 6.07 Å². The Morgan fingerprint density at radius 2 is 1.81 bits per heavy atom. The summed E-state index contributed by atoms with van der Waals surface area (Å²) in [6.45, 7) is 6.96. The molecule has 32 heavy (non-hydrogen) atoms. The second-order valence-corrected chi connectivity index (χ2v) is 10.1. The van der Waals surface area contributed by atoms with E-state index in [9.17, 15) is 23.2 Å². The molecule has 2 aromatic rings. The fourth-order valence-electron chi connectivity index (χ4n) is 5.21. The highest BCUT2D eigenvalue weighted by atomic mass is 32.1. The summed E-state index contributed by atoms with van der Waals surface area (Å²) in [5.41, 5.74) is -1.87. The van der Waals surface area contributed by atoms with Gasteiger partial charge in [0.1, 0.15) is 6.07 Å². The van der Waals surface area contributed by atoms with Crippen LogP contribution >= 0.6 is 11.3 Å². The predicted molar refractivity (Wildman–Crippen MR) is 120 cm³/mol. The summed E-state index contributed by atoms with van der Waals surface area (Å²) in [5.74, 6) is 0.741. The molecule has 0 radical (unpaired) electrons. The second-order valence-electron chi connectivity index (χ2n) is 9.14. The highest BCUT2D eigenvalue weighted by molar-refractivity contribution is 7.22. The van der Waals surface area contributed by atoms with Crippen molar-refractivity contribution in [2.45, 2.75) is 64.2 Å². The van der Waals surface area contributed by atoms with E-state index in [2.05, 4.69) is 28.6 Å². The molecule has 2 heterocycles. The number of fused-ring (bicyclic) bond motifs is 1. The number of anilines is 1. The van der Waals surface area contributed by atoms with Crippen LogP contribution in [0.1, 0.15) is 57.1 Å². The number of alkyl halides is 3. The fraction of sp³-hybridized carbons (Fsp3) is 0.609. The van der Waals surface area contributed by atoms with Gasteiger partial charge in [0.15, 0.2) is 5.13 Å². The Bertz CT molecular complexity index is 1080. The van der Waals surface area contributed by atoms with Crippen molar-refractivity contribution < 1.29 is 13.2 Å². The third kappa shape index (κ3) is 4.62. The Labute approximate surface area is 189 Å². The molecular weight excluding hydrogens is 437 g/mol. The highest BCUT2D eigenvalue weighted by Crippen LogP contribution is 2.36. The molecule has 2 atom stereocenters. The van der Waals surface area contributed by atoms with E-state index in [0.29, 0.717) is 5.13 Å². The number of benzene rings is 1. The van der Waals surface area contributed by atoms with Gasteiger partial charge in [-0.05, 0) is 44.7 Å². The Kier molecular flexibility index (Phi) is 6.46. The molecule has 9 heteroatoms. The molecule has 0 amide bonds. The zero-order chi connectivity index (χ0) is 23.0. The number of hydrogen-bond donors (Lipinski definition) is 0. The van der Waals surface area contributed by atoms with Crippen molar-refractivity contribution in [2.75, 3.05) is 24.5 Å². The first kappa shape index (κ1) is 23.0. The molecule has 172 valence electrons. The second kappa shape index (κ2) is 8.99. The first-order valence-corrected chi connectivity index (χ1v) is 12.0. The summed E-state index contributed by atoms with van der Waals surface area (Å²) in [6, 6.07) is 3.65. The smallest absolute Gasteiger partial charge is 0.340 e. The summed E-state index contributed by atoms with van der Waals surface area (Å²) < 4.78 is 39.9. The van der Waals surface area contributed by atoms with Crippen LogP contribution in [0, 0.1) is 17.2 Å². The largest absolute Gasteiger partial charge is 0.416 e. The van der Waals surface area contributed by atoms with E-state index >= 15 is 0 Å². The summed E-state index contributed by atoms with van der Waals surface area (Å²) in [4.78, 5) is 21.4. The van der Waals surface area contributed by atoms with E-state index in [1.165, 1.54) is 32.1 Å². The lowest BCUT2D eigenvalue weighted by Gasteiger charge is -2.45. The maximum absolute atomic E-state index is 13.2. The molecule has 0 spiro atoms. The standard InChI is InChI=1S/C23H27F3N4OS/c1-14-11-29(13-16-6-4-3-5-7-16)12-15(2)30(14)22-28-21(31)19-9-18(23(24,25)26)8-17(10-27)20(19)32-22/h8-9,14-16H,3-7,11-13H2,1-2H3/t14-,15+. The maximum Gasteiger partial charge on any atom is 0.416 e. The molecule has 1 aliphatic heterocycles. The van der Waals surface area contributed by atoms with Crippen LogP contribution in [0.15, 0.2) is 16.9 Å². The van der Waals surface area contributed by atoms with Gasteiger partial charge in [-0.15, -0.1) is 0 Å². The molecule has 2 aliphatic rings. The van der Waals surface area contributed by atoms with E-state index in [-0.39, 0.29) is 27.7 Å². The van der Waals surface area contributed by atoms with Crippen molar-refractivity contribution in [1.82, 2.24) is 9.88 Å². The van der Waals surface area contributed by atoms with Gasteiger partial charge >= 0.3 is 6.18 Å². The molecule has 1 saturated heterocycles. The molecule has 5 nitrogen and oxygen atoms in total. The van der Waals surface area contributed by atoms with Gasteiger partial charge in [0.2, 0.25) is 0 Å². The van der Waals surface area contributed by atoms with E-state index < -0.39 is 17.3 Å². The van der Waals surface area contributed by atoms with E-state index in [1.807, 2.05) is 6.07 Å². The van der Waals surface area contributed by atoms with Gasteiger partial charge in [-0.3, -0.25) is 9.69 Å². The molecule has 2 fully saturated rings. The number of nitriles is 1. The highest BCUT2D eigenvalue weighted by Gasteiger charge is 2.34. The molecule has 4 rings (SSSR count). The van der Waals surface area contributed by atoms with Crippen LogP contribution in [-0.2, 0) is 6.18 Å². The van der Waals surface area contributed by atoms with Crippen molar-refractivity contribution in [3.05, 3.63) is 33.6 Å². The number of nitrogens with zero attached hydrogens (tertiary/aromatic N) is 4. The normalized spacial score (nSPS) is 23.4. The molecule has 1 saturated carbocycles. The van der Waals surface area contributed by atoms with Crippen LogP contribution in [-0.4, -0.2) is 41.6 Å². The van der Waals surface area contributed by atoms with Crippen molar-refractivity contribution >= 4 is 26.6 Å². The number of halogens is 3. The third-order valence-corrected chi connectivity index (χ3v) is 7.74. The molecular formula is C23H27F3N4OS. The zero-order valence-corrected chi connectivity index (χ0v) is 19.1. The maximum atomic E-state index is 13.2. The van der Waals surface area contributed by atoms with Crippen molar-refractivity contribution in [1.29, 1.82) is 5.26 Å². The Balaban J connectivity index is 1.63. The topological polar surface area (TPSA) is 60.2 Å². The lowest BCUT2D eigenvalue weighted by Crippen LogP contribution is -2.58. The minimum Gasteiger partial charge on any atom is -0.340 e.